The number of carbonyl (C=O) groups excluding carboxylic acids is 2. The molecule has 3 rings (SSSR count). The van der Waals surface area contributed by atoms with Crippen LogP contribution >= 0.6 is 15.9 Å². The predicted octanol–water partition coefficient (Wildman–Crippen LogP) is 4.74. The zero-order chi connectivity index (χ0) is 21.5. The average Bonchev–Trinajstić information content (AvgIpc) is 2.74. The fourth-order valence-corrected chi connectivity index (χ4v) is 3.48. The lowest BCUT2D eigenvalue weighted by molar-refractivity contribution is 0.0953. The molecular formula is C24H24BrN3O2. The Morgan fingerprint density at radius 2 is 1.67 bits per heavy atom. The van der Waals surface area contributed by atoms with Crippen LogP contribution in [0.25, 0.3) is 0 Å². The quantitative estimate of drug-likeness (QED) is 0.529. The molecule has 0 fully saturated rings. The summed E-state index contributed by atoms with van der Waals surface area (Å²) in [6.45, 7) is 0.532. The van der Waals surface area contributed by atoms with Gasteiger partial charge in [-0.15, -0.1) is 0 Å². The largest absolute Gasteiger partial charge is 0.377 e. The summed E-state index contributed by atoms with van der Waals surface area (Å²) in [6.07, 6.45) is 0.753. The molecule has 0 aliphatic rings. The summed E-state index contributed by atoms with van der Waals surface area (Å²) in [4.78, 5) is 27.3. The van der Waals surface area contributed by atoms with E-state index in [0.29, 0.717) is 23.4 Å². The minimum absolute atomic E-state index is 0.173. The zero-order valence-corrected chi connectivity index (χ0v) is 18.6. The van der Waals surface area contributed by atoms with Crippen molar-refractivity contribution < 1.29 is 9.59 Å². The first kappa shape index (κ1) is 21.6. The van der Waals surface area contributed by atoms with Crippen LogP contribution in [0.1, 0.15) is 26.3 Å². The van der Waals surface area contributed by atoms with Crippen molar-refractivity contribution in [2.75, 3.05) is 30.9 Å². The molecule has 0 aliphatic heterocycles. The van der Waals surface area contributed by atoms with Gasteiger partial charge >= 0.3 is 0 Å². The maximum absolute atomic E-state index is 12.9. The molecule has 0 unspecified atom stereocenters. The molecule has 6 heteroatoms. The topological polar surface area (TPSA) is 61.4 Å². The van der Waals surface area contributed by atoms with Gasteiger partial charge < -0.3 is 15.5 Å². The minimum atomic E-state index is -0.232. The Balaban J connectivity index is 1.73. The summed E-state index contributed by atoms with van der Waals surface area (Å²) in [5.74, 6) is -0.405. The zero-order valence-electron chi connectivity index (χ0n) is 17.0. The summed E-state index contributed by atoms with van der Waals surface area (Å²) in [6, 6.07) is 22.5. The molecule has 3 aromatic rings. The molecule has 0 atom stereocenters. The minimum Gasteiger partial charge on any atom is -0.377 e. The second-order valence-electron chi connectivity index (χ2n) is 7.08. The Morgan fingerprint density at radius 3 is 2.37 bits per heavy atom. The molecule has 0 saturated carbocycles. The molecule has 2 N–H and O–H groups in total. The maximum Gasteiger partial charge on any atom is 0.255 e. The Kier molecular flexibility index (Phi) is 7.25. The molecule has 5 nitrogen and oxygen atoms in total. The summed E-state index contributed by atoms with van der Waals surface area (Å²) >= 11 is 3.37. The number of hydrogen-bond acceptors (Lipinski definition) is 3. The van der Waals surface area contributed by atoms with Crippen LogP contribution in [0.5, 0.6) is 0 Å². The van der Waals surface area contributed by atoms with E-state index in [1.54, 1.807) is 30.3 Å². The molecule has 0 heterocycles. The molecular weight excluding hydrogens is 442 g/mol. The third-order valence-corrected chi connectivity index (χ3v) is 5.10. The molecule has 0 aliphatic carbocycles. The summed E-state index contributed by atoms with van der Waals surface area (Å²) < 4.78 is 0.830. The van der Waals surface area contributed by atoms with E-state index in [1.807, 2.05) is 61.5 Å². The number of nitrogens with one attached hydrogen (secondary N) is 2. The smallest absolute Gasteiger partial charge is 0.255 e. The van der Waals surface area contributed by atoms with Crippen molar-refractivity contribution in [2.45, 2.75) is 6.42 Å². The first-order valence-corrected chi connectivity index (χ1v) is 10.4. The number of hydrogen-bond donors (Lipinski definition) is 2. The van der Waals surface area contributed by atoms with E-state index in [-0.39, 0.29) is 11.8 Å². The number of nitrogens with zero attached hydrogens (tertiary/aromatic N) is 1. The first-order valence-electron chi connectivity index (χ1n) is 9.64. The van der Waals surface area contributed by atoms with E-state index in [1.165, 1.54) is 5.56 Å². The van der Waals surface area contributed by atoms with Crippen molar-refractivity contribution in [3.63, 3.8) is 0 Å². The molecule has 0 bridgehead atoms. The van der Waals surface area contributed by atoms with Crippen molar-refractivity contribution in [3.8, 4) is 0 Å². The molecule has 154 valence electrons. The van der Waals surface area contributed by atoms with Gasteiger partial charge in [0.05, 0.1) is 5.56 Å². The van der Waals surface area contributed by atoms with Gasteiger partial charge in [-0.3, -0.25) is 9.59 Å². The van der Waals surface area contributed by atoms with Gasteiger partial charge in [-0.25, -0.2) is 0 Å². The van der Waals surface area contributed by atoms with E-state index in [9.17, 15) is 9.59 Å². The SMILES string of the molecule is CN(C)c1ccc(NC(=O)c2cccc(Br)c2)cc1C(=O)NCCc1ccccc1. The fraction of sp³-hybridized carbons (Fsp3) is 0.167. The van der Waals surface area contributed by atoms with Gasteiger partial charge in [-0.1, -0.05) is 52.3 Å². The highest BCUT2D eigenvalue weighted by Crippen LogP contribution is 2.24. The fourth-order valence-electron chi connectivity index (χ4n) is 3.08. The van der Waals surface area contributed by atoms with Crippen molar-refractivity contribution >= 4 is 39.1 Å². The highest BCUT2D eigenvalue weighted by Gasteiger charge is 2.15. The molecule has 0 radical (unpaired) electrons. The first-order chi connectivity index (χ1) is 14.4. The molecule has 3 aromatic carbocycles. The van der Waals surface area contributed by atoms with Crippen molar-refractivity contribution in [2.24, 2.45) is 0 Å². The molecule has 0 aromatic heterocycles. The monoisotopic (exact) mass is 465 g/mol. The Labute approximate surface area is 185 Å². The van der Waals surface area contributed by atoms with Gasteiger partial charge in [-0.2, -0.15) is 0 Å². The van der Waals surface area contributed by atoms with Gasteiger partial charge in [0.15, 0.2) is 0 Å². The van der Waals surface area contributed by atoms with E-state index in [4.69, 9.17) is 0 Å². The van der Waals surface area contributed by atoms with Crippen molar-refractivity contribution in [1.82, 2.24) is 5.32 Å². The number of halogens is 1. The van der Waals surface area contributed by atoms with Gasteiger partial charge in [0.2, 0.25) is 0 Å². The van der Waals surface area contributed by atoms with Gasteiger partial charge in [0.1, 0.15) is 0 Å². The average molecular weight is 466 g/mol. The highest BCUT2D eigenvalue weighted by atomic mass is 79.9. The normalized spacial score (nSPS) is 10.4. The molecule has 0 spiro atoms. The highest BCUT2D eigenvalue weighted by molar-refractivity contribution is 9.10. The van der Waals surface area contributed by atoms with Crippen LogP contribution in [0.2, 0.25) is 0 Å². The Hall–Kier alpha value is -3.12. The van der Waals surface area contributed by atoms with Gasteiger partial charge in [0.25, 0.3) is 11.8 Å². The number of rotatable bonds is 7. The molecule has 2 amide bonds. The van der Waals surface area contributed by atoms with Crippen LogP contribution in [0.3, 0.4) is 0 Å². The molecule has 0 saturated heterocycles. The number of amides is 2. The lowest BCUT2D eigenvalue weighted by Gasteiger charge is -2.18. The van der Waals surface area contributed by atoms with Gasteiger partial charge in [-0.05, 0) is 48.4 Å². The Morgan fingerprint density at radius 1 is 0.900 bits per heavy atom. The molecule has 30 heavy (non-hydrogen) atoms. The third kappa shape index (κ3) is 5.70. The van der Waals surface area contributed by atoms with Crippen LogP contribution in [0.4, 0.5) is 11.4 Å². The number of benzene rings is 3. The lowest BCUT2D eigenvalue weighted by Crippen LogP contribution is -2.28. The van der Waals surface area contributed by atoms with E-state index < -0.39 is 0 Å². The van der Waals surface area contributed by atoms with E-state index in [0.717, 1.165) is 16.6 Å². The number of carbonyl (C=O) groups is 2. The second kappa shape index (κ2) is 10.1. The lowest BCUT2D eigenvalue weighted by atomic mass is 10.1. The summed E-state index contributed by atoms with van der Waals surface area (Å²) in [5, 5.41) is 5.85. The van der Waals surface area contributed by atoms with E-state index >= 15 is 0 Å². The summed E-state index contributed by atoms with van der Waals surface area (Å²) in [5.41, 5.74) is 3.57. The number of anilines is 2. The van der Waals surface area contributed by atoms with Crippen LogP contribution in [0, 0.1) is 0 Å². The standard InChI is InChI=1S/C24H24BrN3O2/c1-28(2)22-12-11-20(27-23(29)18-9-6-10-19(25)15-18)16-21(22)24(30)26-14-13-17-7-4-3-5-8-17/h3-12,15-16H,13-14H2,1-2H3,(H,26,30)(H,27,29). The van der Waals surface area contributed by atoms with Crippen LogP contribution < -0.4 is 15.5 Å². The maximum atomic E-state index is 12.9. The van der Waals surface area contributed by atoms with Crippen molar-refractivity contribution in [1.29, 1.82) is 0 Å². The second-order valence-corrected chi connectivity index (χ2v) is 8.00. The van der Waals surface area contributed by atoms with Crippen LogP contribution in [-0.2, 0) is 6.42 Å². The summed E-state index contributed by atoms with van der Waals surface area (Å²) in [7, 11) is 3.77. The third-order valence-electron chi connectivity index (χ3n) is 4.61. The van der Waals surface area contributed by atoms with E-state index in [2.05, 4.69) is 26.6 Å². The van der Waals surface area contributed by atoms with Gasteiger partial charge in [0, 0.05) is 42.1 Å². The van der Waals surface area contributed by atoms with Crippen molar-refractivity contribution in [3.05, 3.63) is 94.0 Å². The predicted molar refractivity (Wildman–Crippen MR) is 125 cm³/mol. The Bertz CT molecular complexity index is 1040. The van der Waals surface area contributed by atoms with Crippen LogP contribution in [0.15, 0.2) is 77.3 Å². The van der Waals surface area contributed by atoms with Crippen LogP contribution in [-0.4, -0.2) is 32.5 Å².